The van der Waals surface area contributed by atoms with Gasteiger partial charge in [0.05, 0.1) is 11.8 Å². The minimum absolute atomic E-state index is 0.0390. The molecule has 13 nitrogen and oxygen atoms in total. The number of hydrogen-bond donors (Lipinski definition) is 4. The van der Waals surface area contributed by atoms with E-state index in [-0.39, 0.29) is 36.0 Å². The number of sulfonamides is 1. The number of ketones is 1. The first-order valence-corrected chi connectivity index (χ1v) is 20.1. The largest absolute Gasteiger partial charge is 0.363 e. The van der Waals surface area contributed by atoms with E-state index in [1.165, 1.54) is 9.21 Å². The molecule has 2 saturated carbocycles. The van der Waals surface area contributed by atoms with E-state index in [1.54, 1.807) is 0 Å². The Hall–Kier alpha value is -2.74. The van der Waals surface area contributed by atoms with Crippen molar-refractivity contribution in [3.63, 3.8) is 0 Å². The van der Waals surface area contributed by atoms with Gasteiger partial charge in [0.15, 0.2) is 0 Å². The molecule has 4 rings (SSSR count). The van der Waals surface area contributed by atoms with Gasteiger partial charge in [-0.05, 0) is 67.6 Å². The van der Waals surface area contributed by atoms with E-state index < -0.39 is 69.1 Å². The number of hydrogen-bond acceptors (Lipinski definition) is 7. The maximum atomic E-state index is 14.4. The quantitative estimate of drug-likeness (QED) is 0.212. The van der Waals surface area contributed by atoms with Gasteiger partial charge in [-0.3, -0.25) is 19.2 Å². The number of nitrogens with zero attached hydrogens (tertiary/aromatic N) is 2. The van der Waals surface area contributed by atoms with Gasteiger partial charge >= 0.3 is 6.03 Å². The Bertz CT molecular complexity index is 1320. The van der Waals surface area contributed by atoms with Gasteiger partial charge in [0.1, 0.15) is 12.1 Å². The number of likely N-dealkylation sites (tertiary alicyclic amines) is 1. The number of nitrogens with two attached hydrogens (primary N) is 1. The molecule has 0 aromatic heterocycles. The molecule has 49 heavy (non-hydrogen) atoms. The molecule has 5 atom stereocenters. The second-order valence-electron chi connectivity index (χ2n) is 16.3. The molecular formula is C35H60N6O7S. The fourth-order valence-electron chi connectivity index (χ4n) is 8.09. The summed E-state index contributed by atoms with van der Waals surface area (Å²) in [6, 6.07) is -3.91. The van der Waals surface area contributed by atoms with Crippen molar-refractivity contribution >= 4 is 39.6 Å². The van der Waals surface area contributed by atoms with Gasteiger partial charge in [0, 0.05) is 25.7 Å². The summed E-state index contributed by atoms with van der Waals surface area (Å²) >= 11 is 0. The third-order valence-corrected chi connectivity index (χ3v) is 13.2. The third-order valence-electron chi connectivity index (χ3n) is 11.3. The Morgan fingerprint density at radius 3 is 2.06 bits per heavy atom. The predicted molar refractivity (Wildman–Crippen MR) is 186 cm³/mol. The lowest BCUT2D eigenvalue weighted by molar-refractivity contribution is -0.144. The number of rotatable bonds is 13. The van der Waals surface area contributed by atoms with E-state index in [0.29, 0.717) is 32.4 Å². The number of amides is 5. The number of primary amides is 1. The molecule has 278 valence electrons. The van der Waals surface area contributed by atoms with Crippen LogP contribution in [-0.2, 0) is 29.2 Å². The predicted octanol–water partition coefficient (Wildman–Crippen LogP) is 2.68. The summed E-state index contributed by atoms with van der Waals surface area (Å²) in [4.78, 5) is 68.4. The average Bonchev–Trinajstić information content (AvgIpc) is 3.46. The molecule has 4 fully saturated rings. The van der Waals surface area contributed by atoms with Crippen molar-refractivity contribution in [2.24, 2.45) is 34.8 Å². The van der Waals surface area contributed by atoms with Crippen molar-refractivity contribution in [1.29, 1.82) is 0 Å². The van der Waals surface area contributed by atoms with E-state index in [0.717, 1.165) is 57.8 Å². The molecule has 0 spiro atoms. The van der Waals surface area contributed by atoms with Crippen LogP contribution in [-0.4, -0.2) is 96.7 Å². The number of nitrogens with one attached hydrogen (secondary N) is 3. The molecule has 0 radical (unpaired) electrons. The Morgan fingerprint density at radius 1 is 0.837 bits per heavy atom. The second kappa shape index (κ2) is 16.5. The molecule has 4 aliphatic rings. The Balaban J connectivity index is 1.53. The maximum Gasteiger partial charge on any atom is 0.315 e. The van der Waals surface area contributed by atoms with Gasteiger partial charge in [0.2, 0.25) is 27.6 Å². The molecular weight excluding hydrogens is 648 g/mol. The van der Waals surface area contributed by atoms with Gasteiger partial charge in [-0.1, -0.05) is 73.1 Å². The number of Topliss-reactive ketones (excluding diaryl/α,β-unsaturated/α-hetero) is 1. The molecule has 0 aromatic carbocycles. The van der Waals surface area contributed by atoms with Gasteiger partial charge in [-0.2, -0.15) is 4.31 Å². The van der Waals surface area contributed by atoms with Crippen molar-refractivity contribution in [1.82, 2.24) is 25.2 Å². The van der Waals surface area contributed by atoms with Crippen LogP contribution in [0.25, 0.3) is 0 Å². The summed E-state index contributed by atoms with van der Waals surface area (Å²) < 4.78 is 27.2. The molecule has 2 aliphatic heterocycles. The summed E-state index contributed by atoms with van der Waals surface area (Å²) in [6.45, 7) is 10.4. The smallest absolute Gasteiger partial charge is 0.315 e. The molecule has 2 aliphatic carbocycles. The second-order valence-corrected chi connectivity index (χ2v) is 18.4. The topological polar surface area (TPSA) is 188 Å². The molecule has 2 saturated heterocycles. The van der Waals surface area contributed by atoms with Gasteiger partial charge in [-0.15, -0.1) is 0 Å². The summed E-state index contributed by atoms with van der Waals surface area (Å²) in [5.41, 5.74) is 4.61. The van der Waals surface area contributed by atoms with Crippen LogP contribution >= 0.6 is 0 Å². The summed E-state index contributed by atoms with van der Waals surface area (Å²) in [7, 11) is -3.40. The first-order chi connectivity index (χ1) is 23.0. The molecule has 0 bridgehead atoms. The minimum atomic E-state index is -3.40. The normalized spacial score (nSPS) is 25.6. The van der Waals surface area contributed by atoms with Crippen molar-refractivity contribution in [3.8, 4) is 0 Å². The monoisotopic (exact) mass is 708 g/mol. The van der Waals surface area contributed by atoms with Gasteiger partial charge in [0.25, 0.3) is 5.91 Å². The summed E-state index contributed by atoms with van der Waals surface area (Å²) in [5.74, 6) is -2.56. The van der Waals surface area contributed by atoms with Crippen molar-refractivity contribution in [3.05, 3.63) is 0 Å². The zero-order chi connectivity index (χ0) is 36.1. The van der Waals surface area contributed by atoms with Crippen LogP contribution in [0.5, 0.6) is 0 Å². The van der Waals surface area contributed by atoms with Crippen LogP contribution in [0.2, 0.25) is 0 Å². The lowest BCUT2D eigenvalue weighted by Crippen LogP contribution is -2.62. The maximum absolute atomic E-state index is 14.4. The number of carbonyl (C=O) groups excluding carboxylic acids is 5. The Kier molecular flexibility index (Phi) is 13.2. The van der Waals surface area contributed by atoms with E-state index in [9.17, 15) is 32.4 Å². The van der Waals surface area contributed by atoms with Crippen LogP contribution in [0, 0.1) is 29.1 Å². The molecule has 14 heteroatoms. The lowest BCUT2D eigenvalue weighted by Gasteiger charge is -2.39. The van der Waals surface area contributed by atoms with Crippen LogP contribution < -0.4 is 21.7 Å². The molecule has 2 heterocycles. The third kappa shape index (κ3) is 9.95. The zero-order valence-electron chi connectivity index (χ0n) is 30.2. The average molecular weight is 709 g/mol. The molecule has 0 aromatic rings. The highest BCUT2D eigenvalue weighted by Gasteiger charge is 2.48. The van der Waals surface area contributed by atoms with E-state index in [2.05, 4.69) is 16.0 Å². The Labute approximate surface area is 292 Å². The SMILES string of the molecule is CC(C)C1CCN(C(=O)[C@@H](NC(=O)N[C@H](CN2CCCCS2(=O)=O)C2CCCCC2)C(C)(C)C)[C@@H]1C(=O)NC(CC1CCC1)C(=O)C(N)=O. The van der Waals surface area contributed by atoms with Crippen LogP contribution in [0.4, 0.5) is 4.79 Å². The van der Waals surface area contributed by atoms with Gasteiger partial charge in [-0.25, -0.2) is 13.2 Å². The lowest BCUT2D eigenvalue weighted by atomic mass is 9.80. The minimum Gasteiger partial charge on any atom is -0.363 e. The standard InChI is InChI=1S/C35H60N6O7S/c1-22(2)25-16-18-41(28(25)32(44)37-26(29(42)31(36)43)20-23-12-11-13-23)33(45)30(35(3,4)5)39-34(46)38-27(24-14-7-6-8-15-24)21-40-17-9-10-19-49(40,47)48/h22-28,30H,6-21H2,1-5H3,(H2,36,43)(H,37,44)(H2,38,39,46)/t25?,26?,27-,28+,30-/m1/s1. The summed E-state index contributed by atoms with van der Waals surface area (Å²) in [5, 5.41) is 8.79. The highest BCUT2D eigenvalue weighted by molar-refractivity contribution is 7.89. The van der Waals surface area contributed by atoms with E-state index in [1.807, 2.05) is 34.6 Å². The summed E-state index contributed by atoms with van der Waals surface area (Å²) in [6.07, 6.45) is 10.1. The highest BCUT2D eigenvalue weighted by Crippen LogP contribution is 2.35. The molecule has 5 N–H and O–H groups in total. The zero-order valence-corrected chi connectivity index (χ0v) is 31.0. The van der Waals surface area contributed by atoms with Crippen LogP contribution in [0.1, 0.15) is 112 Å². The van der Waals surface area contributed by atoms with Crippen LogP contribution in [0.3, 0.4) is 0 Å². The highest BCUT2D eigenvalue weighted by atomic mass is 32.2. The van der Waals surface area contributed by atoms with Crippen LogP contribution in [0.15, 0.2) is 0 Å². The van der Waals surface area contributed by atoms with Crippen molar-refractivity contribution in [2.45, 2.75) is 136 Å². The fraction of sp³-hybridized carbons (Fsp3) is 0.857. The van der Waals surface area contributed by atoms with E-state index >= 15 is 0 Å². The van der Waals surface area contributed by atoms with E-state index in [4.69, 9.17) is 5.73 Å². The Morgan fingerprint density at radius 2 is 1.51 bits per heavy atom. The van der Waals surface area contributed by atoms with Crippen molar-refractivity contribution < 1.29 is 32.4 Å². The fourth-order valence-corrected chi connectivity index (χ4v) is 9.71. The van der Waals surface area contributed by atoms with Gasteiger partial charge < -0.3 is 26.6 Å². The molecule has 5 amide bonds. The first kappa shape index (κ1) is 39.1. The van der Waals surface area contributed by atoms with Crippen molar-refractivity contribution in [2.75, 3.05) is 25.4 Å². The first-order valence-electron chi connectivity index (χ1n) is 18.5. The molecule has 2 unspecified atom stereocenters. The number of urea groups is 1. The number of carbonyl (C=O) groups is 5.